The third-order valence-corrected chi connectivity index (χ3v) is 3.67. The van der Waals surface area contributed by atoms with Gasteiger partial charge in [0.05, 0.1) is 17.9 Å². The molecule has 5 heteroatoms. The number of nitrogens with zero attached hydrogens (tertiary/aromatic N) is 2. The molecule has 5 nitrogen and oxygen atoms in total. The van der Waals surface area contributed by atoms with Gasteiger partial charge in [-0.3, -0.25) is 0 Å². The summed E-state index contributed by atoms with van der Waals surface area (Å²) >= 11 is 0. The zero-order valence-corrected chi connectivity index (χ0v) is 13.9. The van der Waals surface area contributed by atoms with Gasteiger partial charge in [-0.25, -0.2) is 9.78 Å². The zero-order valence-electron chi connectivity index (χ0n) is 13.9. The Morgan fingerprint density at radius 2 is 2.00 bits per heavy atom. The summed E-state index contributed by atoms with van der Waals surface area (Å²) in [5.41, 5.74) is 9.17. The van der Waals surface area contributed by atoms with E-state index in [4.69, 9.17) is 10.5 Å². The van der Waals surface area contributed by atoms with Crippen molar-refractivity contribution in [2.45, 2.75) is 6.92 Å². The van der Waals surface area contributed by atoms with Crippen molar-refractivity contribution >= 4 is 23.8 Å². The molecule has 2 heterocycles. The van der Waals surface area contributed by atoms with Crippen molar-refractivity contribution < 1.29 is 9.53 Å². The zero-order chi connectivity index (χ0) is 17.6. The lowest BCUT2D eigenvalue weighted by Gasteiger charge is -2.05. The minimum atomic E-state index is -0.365. The molecule has 0 spiro atoms. The lowest BCUT2D eigenvalue weighted by molar-refractivity contribution is 0.0526. The molecule has 0 atom stereocenters. The topological polar surface area (TPSA) is 70.1 Å². The maximum Gasteiger partial charge on any atom is 0.338 e. The van der Waals surface area contributed by atoms with Gasteiger partial charge in [-0.2, -0.15) is 0 Å². The van der Waals surface area contributed by atoms with E-state index in [1.54, 1.807) is 36.0 Å². The molecule has 1 aromatic carbocycles. The summed E-state index contributed by atoms with van der Waals surface area (Å²) in [6.07, 6.45) is 9.19. The smallest absolute Gasteiger partial charge is 0.338 e. The summed E-state index contributed by atoms with van der Waals surface area (Å²) in [5, 5.41) is 0. The molecule has 0 aliphatic carbocycles. The Labute approximate surface area is 146 Å². The molecule has 25 heavy (non-hydrogen) atoms. The van der Waals surface area contributed by atoms with Crippen LogP contribution in [0.3, 0.4) is 0 Å². The largest absolute Gasteiger partial charge is 0.462 e. The van der Waals surface area contributed by atoms with E-state index in [2.05, 4.69) is 4.98 Å². The molecule has 3 rings (SSSR count). The number of anilines is 1. The molecular weight excluding hydrogens is 314 g/mol. The SMILES string of the molecule is CCOC(=O)c1ccnc(-n2cc(N)c(/C=C/c3ccccc3)c2)c1. The van der Waals surface area contributed by atoms with Gasteiger partial charge in [-0.1, -0.05) is 42.5 Å². The summed E-state index contributed by atoms with van der Waals surface area (Å²) in [6.45, 7) is 2.11. The van der Waals surface area contributed by atoms with E-state index in [-0.39, 0.29) is 5.97 Å². The van der Waals surface area contributed by atoms with Gasteiger partial charge in [-0.05, 0) is 24.6 Å². The van der Waals surface area contributed by atoms with Gasteiger partial charge in [0.15, 0.2) is 0 Å². The Morgan fingerprint density at radius 3 is 2.76 bits per heavy atom. The van der Waals surface area contributed by atoms with Crippen LogP contribution in [0.5, 0.6) is 0 Å². The van der Waals surface area contributed by atoms with E-state index >= 15 is 0 Å². The van der Waals surface area contributed by atoms with Crippen molar-refractivity contribution in [1.82, 2.24) is 9.55 Å². The normalized spacial score (nSPS) is 10.9. The number of pyridine rings is 1. The molecule has 0 aliphatic heterocycles. The van der Waals surface area contributed by atoms with Gasteiger partial charge < -0.3 is 15.0 Å². The molecule has 0 unspecified atom stereocenters. The molecule has 0 saturated carbocycles. The van der Waals surface area contributed by atoms with Crippen LogP contribution < -0.4 is 5.73 Å². The van der Waals surface area contributed by atoms with Gasteiger partial charge in [0.2, 0.25) is 0 Å². The van der Waals surface area contributed by atoms with Gasteiger partial charge in [0, 0.05) is 24.2 Å². The van der Waals surface area contributed by atoms with Crippen molar-refractivity contribution in [2.75, 3.05) is 12.3 Å². The standard InChI is InChI=1S/C20H19N3O2/c1-2-25-20(24)16-10-11-22-19(12-16)23-13-17(18(21)14-23)9-8-15-6-4-3-5-7-15/h3-14H,2,21H2,1H3/b9-8+. The van der Waals surface area contributed by atoms with Gasteiger partial charge in [-0.15, -0.1) is 0 Å². The van der Waals surface area contributed by atoms with Crippen molar-refractivity contribution in [1.29, 1.82) is 0 Å². The maximum absolute atomic E-state index is 11.9. The monoisotopic (exact) mass is 333 g/mol. The molecule has 0 bridgehead atoms. The minimum Gasteiger partial charge on any atom is -0.462 e. The number of nitrogens with two attached hydrogens (primary N) is 1. The second kappa shape index (κ2) is 7.49. The average Bonchev–Trinajstić information content (AvgIpc) is 3.02. The highest BCUT2D eigenvalue weighted by molar-refractivity contribution is 5.89. The average molecular weight is 333 g/mol. The maximum atomic E-state index is 11.9. The van der Waals surface area contributed by atoms with Gasteiger partial charge >= 0.3 is 5.97 Å². The van der Waals surface area contributed by atoms with E-state index in [0.717, 1.165) is 11.1 Å². The van der Waals surface area contributed by atoms with E-state index < -0.39 is 0 Å². The summed E-state index contributed by atoms with van der Waals surface area (Å²) in [6, 6.07) is 13.3. The van der Waals surface area contributed by atoms with Crippen molar-refractivity contribution in [2.24, 2.45) is 0 Å². The molecule has 0 aliphatic rings. The predicted molar refractivity (Wildman–Crippen MR) is 99.3 cm³/mol. The third kappa shape index (κ3) is 3.95. The molecule has 0 amide bonds. The summed E-state index contributed by atoms with van der Waals surface area (Å²) < 4.78 is 6.82. The fraction of sp³-hybridized carbons (Fsp3) is 0.100. The summed E-state index contributed by atoms with van der Waals surface area (Å²) in [4.78, 5) is 16.2. The number of hydrogen-bond acceptors (Lipinski definition) is 4. The Hall–Kier alpha value is -3.34. The predicted octanol–water partition coefficient (Wildman–Crippen LogP) is 3.80. The lowest BCUT2D eigenvalue weighted by atomic mass is 10.2. The van der Waals surface area contributed by atoms with Crippen LogP contribution in [0.1, 0.15) is 28.4 Å². The second-order valence-electron chi connectivity index (χ2n) is 5.44. The van der Waals surface area contributed by atoms with Crippen molar-refractivity contribution in [3.8, 4) is 5.82 Å². The first-order valence-electron chi connectivity index (χ1n) is 8.01. The Bertz CT molecular complexity index is 898. The Morgan fingerprint density at radius 1 is 1.20 bits per heavy atom. The first-order chi connectivity index (χ1) is 12.2. The number of esters is 1. The number of carbonyl (C=O) groups excluding carboxylic acids is 1. The fourth-order valence-corrected chi connectivity index (χ4v) is 2.41. The number of hydrogen-bond donors (Lipinski definition) is 1. The molecule has 0 saturated heterocycles. The van der Waals surface area contributed by atoms with E-state index in [9.17, 15) is 4.79 Å². The first-order valence-corrected chi connectivity index (χ1v) is 8.01. The molecule has 2 aromatic heterocycles. The van der Waals surface area contributed by atoms with Crippen LogP contribution >= 0.6 is 0 Å². The highest BCUT2D eigenvalue weighted by atomic mass is 16.5. The fourth-order valence-electron chi connectivity index (χ4n) is 2.41. The van der Waals surface area contributed by atoms with Gasteiger partial charge in [0.1, 0.15) is 5.82 Å². The lowest BCUT2D eigenvalue weighted by Crippen LogP contribution is -2.06. The molecule has 126 valence electrons. The quantitative estimate of drug-likeness (QED) is 0.721. The molecule has 0 fully saturated rings. The van der Waals surface area contributed by atoms with Crippen molar-refractivity contribution in [3.05, 3.63) is 77.7 Å². The van der Waals surface area contributed by atoms with Crippen LogP contribution in [0.15, 0.2) is 61.1 Å². The summed E-state index contributed by atoms with van der Waals surface area (Å²) in [5.74, 6) is 0.243. The highest BCUT2D eigenvalue weighted by Crippen LogP contribution is 2.20. The summed E-state index contributed by atoms with van der Waals surface area (Å²) in [7, 11) is 0. The molecule has 0 radical (unpaired) electrons. The number of ether oxygens (including phenoxy) is 1. The Balaban J connectivity index is 1.86. The number of rotatable bonds is 5. The van der Waals surface area contributed by atoms with Crippen LogP contribution in [0.25, 0.3) is 18.0 Å². The Kier molecular flexibility index (Phi) is 4.95. The molecule has 3 aromatic rings. The van der Waals surface area contributed by atoms with Crippen molar-refractivity contribution in [3.63, 3.8) is 0 Å². The first kappa shape index (κ1) is 16.5. The minimum absolute atomic E-state index is 0.335. The van der Waals surface area contributed by atoms with Crippen LogP contribution in [0.4, 0.5) is 5.69 Å². The van der Waals surface area contributed by atoms with Crippen LogP contribution in [0.2, 0.25) is 0 Å². The van der Waals surface area contributed by atoms with Crippen LogP contribution in [0, 0.1) is 0 Å². The number of benzene rings is 1. The van der Waals surface area contributed by atoms with Gasteiger partial charge in [0.25, 0.3) is 0 Å². The number of nitrogen functional groups attached to an aromatic ring is 1. The second-order valence-corrected chi connectivity index (χ2v) is 5.44. The van der Waals surface area contributed by atoms with E-state index in [1.165, 1.54) is 0 Å². The molecular formula is C20H19N3O2. The number of carbonyl (C=O) groups is 1. The highest BCUT2D eigenvalue weighted by Gasteiger charge is 2.09. The van der Waals surface area contributed by atoms with Crippen LogP contribution in [-0.4, -0.2) is 22.1 Å². The number of aromatic nitrogens is 2. The molecule has 2 N–H and O–H groups in total. The van der Waals surface area contributed by atoms with E-state index in [1.807, 2.05) is 48.7 Å². The van der Waals surface area contributed by atoms with E-state index in [0.29, 0.717) is 23.7 Å². The van der Waals surface area contributed by atoms with Crippen LogP contribution in [-0.2, 0) is 4.74 Å². The third-order valence-electron chi connectivity index (χ3n) is 3.67.